The Labute approximate surface area is 211 Å². The second-order valence-electron chi connectivity index (χ2n) is 9.38. The number of halogens is 1. The topological polar surface area (TPSA) is 33.1 Å². The number of anilines is 1. The minimum absolute atomic E-state index is 0.145. The van der Waals surface area contributed by atoms with Gasteiger partial charge in [-0.15, -0.1) is 0 Å². The molecule has 0 unspecified atom stereocenters. The number of benzene rings is 2. The molecular formula is C29H29FN4S. The molecule has 2 atom stereocenters. The lowest BCUT2D eigenvalue weighted by atomic mass is 9.96. The molecule has 1 aliphatic rings. The van der Waals surface area contributed by atoms with E-state index in [-0.39, 0.29) is 17.9 Å². The summed E-state index contributed by atoms with van der Waals surface area (Å²) in [7, 11) is 0. The molecule has 0 bridgehead atoms. The van der Waals surface area contributed by atoms with Crippen LogP contribution in [0.1, 0.15) is 51.4 Å². The minimum Gasteiger partial charge on any atom is -0.351 e. The second kappa shape index (κ2) is 8.93. The van der Waals surface area contributed by atoms with Crippen LogP contribution < -0.4 is 10.2 Å². The van der Waals surface area contributed by atoms with Crippen LogP contribution in [-0.2, 0) is 0 Å². The van der Waals surface area contributed by atoms with Gasteiger partial charge in [0, 0.05) is 23.3 Å². The Morgan fingerprint density at radius 2 is 1.60 bits per heavy atom. The van der Waals surface area contributed by atoms with Gasteiger partial charge in [0.2, 0.25) is 0 Å². The summed E-state index contributed by atoms with van der Waals surface area (Å²) in [5.41, 5.74) is 10.2. The van der Waals surface area contributed by atoms with Gasteiger partial charge in [-0.25, -0.2) is 4.39 Å². The summed E-state index contributed by atoms with van der Waals surface area (Å²) in [6, 6.07) is 18.9. The molecule has 0 amide bonds. The normalized spacial score (nSPS) is 17.7. The number of aryl methyl sites for hydroxylation is 4. The van der Waals surface area contributed by atoms with Crippen molar-refractivity contribution >= 4 is 23.0 Å². The largest absolute Gasteiger partial charge is 0.351 e. The van der Waals surface area contributed by atoms with Gasteiger partial charge < -0.3 is 14.8 Å². The van der Waals surface area contributed by atoms with Gasteiger partial charge in [-0.2, -0.15) is 0 Å². The van der Waals surface area contributed by atoms with Crippen LogP contribution in [0.25, 0.3) is 5.69 Å². The van der Waals surface area contributed by atoms with Gasteiger partial charge in [0.1, 0.15) is 5.82 Å². The Morgan fingerprint density at radius 3 is 2.23 bits per heavy atom. The molecule has 3 heterocycles. The van der Waals surface area contributed by atoms with Gasteiger partial charge in [0.05, 0.1) is 23.5 Å². The molecule has 2 aromatic carbocycles. The Hall–Kier alpha value is -3.51. The number of nitrogens with one attached hydrogen (secondary N) is 1. The summed E-state index contributed by atoms with van der Waals surface area (Å²) >= 11 is 5.83. The predicted octanol–water partition coefficient (Wildman–Crippen LogP) is 6.73. The molecule has 0 aliphatic carbocycles. The van der Waals surface area contributed by atoms with E-state index in [1.165, 1.54) is 34.5 Å². The van der Waals surface area contributed by atoms with E-state index in [9.17, 15) is 4.39 Å². The number of pyridine rings is 1. The highest BCUT2D eigenvalue weighted by Crippen LogP contribution is 2.44. The lowest BCUT2D eigenvalue weighted by molar-refractivity contribution is 0.565. The maximum Gasteiger partial charge on any atom is 0.174 e. The molecule has 2 aromatic heterocycles. The fourth-order valence-electron chi connectivity index (χ4n) is 5.51. The molecule has 0 saturated carbocycles. The van der Waals surface area contributed by atoms with Crippen LogP contribution in [0.4, 0.5) is 10.1 Å². The summed E-state index contributed by atoms with van der Waals surface area (Å²) in [6.07, 6.45) is 1.81. The number of hydrogen-bond donors (Lipinski definition) is 1. The van der Waals surface area contributed by atoms with Crippen molar-refractivity contribution in [3.8, 4) is 5.69 Å². The van der Waals surface area contributed by atoms with Crippen molar-refractivity contribution in [3.63, 3.8) is 0 Å². The third-order valence-electron chi connectivity index (χ3n) is 6.85. The smallest absolute Gasteiger partial charge is 0.174 e. The van der Waals surface area contributed by atoms with E-state index < -0.39 is 0 Å². The quantitative estimate of drug-likeness (QED) is 0.326. The lowest BCUT2D eigenvalue weighted by Gasteiger charge is -2.28. The van der Waals surface area contributed by atoms with Crippen LogP contribution in [0, 0.1) is 40.4 Å². The molecule has 1 fully saturated rings. The van der Waals surface area contributed by atoms with Gasteiger partial charge in [0.15, 0.2) is 5.11 Å². The Bertz CT molecular complexity index is 1390. The number of thiocarbonyl (C=S) groups is 1. The highest BCUT2D eigenvalue weighted by Gasteiger charge is 2.42. The van der Waals surface area contributed by atoms with Gasteiger partial charge in [0.25, 0.3) is 0 Å². The average Bonchev–Trinajstić information content (AvgIpc) is 3.30. The summed E-state index contributed by atoms with van der Waals surface area (Å²) in [5, 5.41) is 4.10. The Morgan fingerprint density at radius 1 is 0.914 bits per heavy atom. The highest BCUT2D eigenvalue weighted by molar-refractivity contribution is 7.80. The Kier molecular flexibility index (Phi) is 5.93. The lowest BCUT2D eigenvalue weighted by Crippen LogP contribution is -2.29. The van der Waals surface area contributed by atoms with Gasteiger partial charge in [-0.1, -0.05) is 23.8 Å². The minimum atomic E-state index is -0.270. The first-order chi connectivity index (χ1) is 16.8. The summed E-state index contributed by atoms with van der Waals surface area (Å²) in [6.45, 7) is 10.8. The maximum atomic E-state index is 13.8. The number of rotatable bonds is 4. The molecule has 5 rings (SSSR count). The van der Waals surface area contributed by atoms with E-state index in [2.05, 4.69) is 72.6 Å². The summed E-state index contributed by atoms with van der Waals surface area (Å²) in [4.78, 5) is 6.74. The Balaban J connectivity index is 1.71. The molecule has 1 aliphatic heterocycles. The van der Waals surface area contributed by atoms with Crippen LogP contribution in [0.5, 0.6) is 0 Å². The molecule has 1 saturated heterocycles. The second-order valence-corrected chi connectivity index (χ2v) is 9.77. The zero-order valence-electron chi connectivity index (χ0n) is 20.6. The van der Waals surface area contributed by atoms with Crippen molar-refractivity contribution in [2.45, 2.75) is 46.7 Å². The molecular weight excluding hydrogens is 455 g/mol. The molecule has 4 nitrogen and oxygen atoms in total. The molecule has 0 spiro atoms. The molecule has 4 aromatic rings. The van der Waals surface area contributed by atoms with Crippen molar-refractivity contribution in [2.24, 2.45) is 0 Å². The first kappa shape index (κ1) is 23.2. The fourth-order valence-corrected chi connectivity index (χ4v) is 5.85. The third-order valence-corrected chi connectivity index (χ3v) is 7.17. The summed E-state index contributed by atoms with van der Waals surface area (Å²) in [5.74, 6) is -0.270. The molecule has 35 heavy (non-hydrogen) atoms. The first-order valence-electron chi connectivity index (χ1n) is 11.8. The van der Waals surface area contributed by atoms with E-state index in [1.54, 1.807) is 18.3 Å². The van der Waals surface area contributed by atoms with Crippen LogP contribution in [-0.4, -0.2) is 14.7 Å². The van der Waals surface area contributed by atoms with Gasteiger partial charge in [-0.05, 0) is 106 Å². The van der Waals surface area contributed by atoms with E-state index in [0.29, 0.717) is 5.11 Å². The van der Waals surface area contributed by atoms with E-state index >= 15 is 0 Å². The third kappa shape index (κ3) is 4.02. The number of aromatic nitrogens is 2. The average molecular weight is 485 g/mol. The fraction of sp³-hybridized carbons (Fsp3) is 0.241. The van der Waals surface area contributed by atoms with E-state index in [1.807, 2.05) is 18.2 Å². The van der Waals surface area contributed by atoms with Crippen molar-refractivity contribution in [1.82, 2.24) is 14.9 Å². The maximum absolute atomic E-state index is 13.8. The van der Waals surface area contributed by atoms with Gasteiger partial charge in [-0.3, -0.25) is 4.98 Å². The van der Waals surface area contributed by atoms with Crippen molar-refractivity contribution in [3.05, 3.63) is 112 Å². The predicted molar refractivity (Wildman–Crippen MR) is 144 cm³/mol. The molecule has 6 heteroatoms. The van der Waals surface area contributed by atoms with Gasteiger partial charge >= 0.3 is 0 Å². The van der Waals surface area contributed by atoms with Crippen molar-refractivity contribution in [2.75, 3.05) is 4.90 Å². The zero-order valence-corrected chi connectivity index (χ0v) is 21.4. The first-order valence-corrected chi connectivity index (χ1v) is 12.2. The number of nitrogens with zero attached hydrogens (tertiary/aromatic N) is 3. The van der Waals surface area contributed by atoms with Crippen LogP contribution in [0.15, 0.2) is 66.9 Å². The van der Waals surface area contributed by atoms with Crippen molar-refractivity contribution in [1.29, 1.82) is 0 Å². The van der Waals surface area contributed by atoms with Crippen LogP contribution in [0.3, 0.4) is 0 Å². The standard InChI is InChI=1S/C29H29FN4S/c1-17-14-18(2)27(19(3)15-17)33-20(4)16-24(21(33)5)28-26(25-8-6-7-13-31-25)32-29(35)34(28)23-11-9-22(30)10-12-23/h6-16,26,28H,1-5H3,(H,32,35)/t26-,28-/m1/s1. The monoisotopic (exact) mass is 484 g/mol. The SMILES string of the molecule is Cc1cc(C)c(-n2c(C)cc([C@@H]3[C@@H](c4ccccn4)NC(=S)N3c3ccc(F)cc3)c2C)c(C)c1. The van der Waals surface area contributed by atoms with E-state index in [4.69, 9.17) is 12.2 Å². The van der Waals surface area contributed by atoms with Crippen LogP contribution >= 0.6 is 12.2 Å². The highest BCUT2D eigenvalue weighted by atomic mass is 32.1. The van der Waals surface area contributed by atoms with Crippen LogP contribution in [0.2, 0.25) is 0 Å². The summed E-state index contributed by atoms with van der Waals surface area (Å²) < 4.78 is 16.1. The molecule has 0 radical (unpaired) electrons. The molecule has 178 valence electrons. The van der Waals surface area contributed by atoms with E-state index in [0.717, 1.165) is 28.3 Å². The van der Waals surface area contributed by atoms with Crippen molar-refractivity contribution < 1.29 is 4.39 Å². The zero-order chi connectivity index (χ0) is 24.9. The molecule has 1 N–H and O–H groups in total. The number of hydrogen-bond acceptors (Lipinski definition) is 2.